The zero-order valence-corrected chi connectivity index (χ0v) is 11.5. The third-order valence-corrected chi connectivity index (χ3v) is 4.01. The summed E-state index contributed by atoms with van der Waals surface area (Å²) in [7, 11) is 1.49. The summed E-state index contributed by atoms with van der Waals surface area (Å²) in [5, 5.41) is 0. The lowest BCUT2D eigenvalue weighted by molar-refractivity contribution is -0.137. The first kappa shape index (κ1) is 15.0. The molecule has 1 aliphatic carbocycles. The van der Waals surface area contributed by atoms with Crippen molar-refractivity contribution in [1.29, 1.82) is 0 Å². The third-order valence-electron chi connectivity index (χ3n) is 4.01. The number of ketones is 1. The number of alkyl halides is 3. The Morgan fingerprint density at radius 1 is 1.25 bits per heavy atom. The van der Waals surface area contributed by atoms with Gasteiger partial charge in [0.25, 0.3) is 0 Å². The van der Waals surface area contributed by atoms with E-state index < -0.39 is 17.3 Å². The lowest BCUT2D eigenvalue weighted by Crippen LogP contribution is -2.38. The summed E-state index contributed by atoms with van der Waals surface area (Å²) in [4.78, 5) is 12.6. The largest absolute Gasteiger partial charge is 0.416 e. The Morgan fingerprint density at radius 2 is 1.85 bits per heavy atom. The lowest BCUT2D eigenvalue weighted by atomic mass is 9.88. The van der Waals surface area contributed by atoms with Crippen LogP contribution in [0, 0.1) is 6.92 Å². The summed E-state index contributed by atoms with van der Waals surface area (Å²) >= 11 is 0. The van der Waals surface area contributed by atoms with Gasteiger partial charge in [-0.25, -0.2) is 0 Å². The maximum atomic E-state index is 12.6. The quantitative estimate of drug-likeness (QED) is 0.780. The van der Waals surface area contributed by atoms with E-state index in [-0.39, 0.29) is 5.78 Å². The average molecular weight is 286 g/mol. The van der Waals surface area contributed by atoms with Crippen molar-refractivity contribution in [3.8, 4) is 0 Å². The number of Topliss-reactive ketones (excluding diaryl/α,β-unsaturated/α-hetero) is 1. The number of carbonyl (C=O) groups is 1. The fourth-order valence-electron chi connectivity index (χ4n) is 2.81. The van der Waals surface area contributed by atoms with Crippen LogP contribution < -0.4 is 0 Å². The fraction of sp³-hybridized carbons (Fsp3) is 0.533. The van der Waals surface area contributed by atoms with Crippen molar-refractivity contribution in [1.82, 2.24) is 0 Å². The summed E-state index contributed by atoms with van der Waals surface area (Å²) < 4.78 is 43.3. The molecule has 5 heteroatoms. The molecule has 2 nitrogen and oxygen atoms in total. The van der Waals surface area contributed by atoms with Crippen molar-refractivity contribution in [2.45, 2.75) is 44.4 Å². The minimum Gasteiger partial charge on any atom is -0.370 e. The van der Waals surface area contributed by atoms with Gasteiger partial charge < -0.3 is 4.74 Å². The van der Waals surface area contributed by atoms with Crippen LogP contribution in [-0.4, -0.2) is 18.5 Å². The van der Waals surface area contributed by atoms with Crippen LogP contribution in [-0.2, 0) is 10.9 Å². The van der Waals surface area contributed by atoms with Crippen molar-refractivity contribution >= 4 is 5.78 Å². The van der Waals surface area contributed by atoms with E-state index in [0.717, 1.165) is 25.0 Å². The van der Waals surface area contributed by atoms with E-state index in [1.165, 1.54) is 20.1 Å². The molecule has 1 fully saturated rings. The number of carbonyl (C=O) groups excluding carboxylic acids is 1. The Balaban J connectivity index is 2.36. The van der Waals surface area contributed by atoms with Gasteiger partial charge in [-0.3, -0.25) is 4.79 Å². The Kier molecular flexibility index (Phi) is 3.91. The normalized spacial score (nSPS) is 18.2. The predicted molar refractivity (Wildman–Crippen MR) is 68.7 cm³/mol. The molecule has 1 saturated carbocycles. The Labute approximate surface area is 115 Å². The number of benzene rings is 1. The maximum Gasteiger partial charge on any atom is 0.416 e. The Bertz CT molecular complexity index is 514. The molecule has 0 heterocycles. The second-order valence-corrected chi connectivity index (χ2v) is 5.26. The van der Waals surface area contributed by atoms with Gasteiger partial charge >= 0.3 is 6.18 Å². The van der Waals surface area contributed by atoms with Gasteiger partial charge in [0.2, 0.25) is 0 Å². The van der Waals surface area contributed by atoms with Gasteiger partial charge in [0.15, 0.2) is 5.78 Å². The highest BCUT2D eigenvalue weighted by Crippen LogP contribution is 2.37. The van der Waals surface area contributed by atoms with Gasteiger partial charge in [0.1, 0.15) is 5.60 Å². The van der Waals surface area contributed by atoms with E-state index in [1.54, 1.807) is 0 Å². The van der Waals surface area contributed by atoms with E-state index in [0.29, 0.717) is 24.0 Å². The zero-order valence-electron chi connectivity index (χ0n) is 11.5. The molecule has 2 rings (SSSR count). The molecule has 0 saturated heterocycles. The summed E-state index contributed by atoms with van der Waals surface area (Å²) in [6, 6.07) is 3.24. The van der Waals surface area contributed by atoms with Crippen LogP contribution in [0.2, 0.25) is 0 Å². The molecule has 1 aromatic carbocycles. The lowest BCUT2D eigenvalue weighted by Gasteiger charge is -2.26. The van der Waals surface area contributed by atoms with E-state index in [2.05, 4.69) is 0 Å². The van der Waals surface area contributed by atoms with E-state index >= 15 is 0 Å². The molecule has 0 spiro atoms. The van der Waals surface area contributed by atoms with E-state index in [9.17, 15) is 18.0 Å². The van der Waals surface area contributed by atoms with Gasteiger partial charge in [-0.1, -0.05) is 6.07 Å². The van der Waals surface area contributed by atoms with Crippen molar-refractivity contribution in [3.63, 3.8) is 0 Å². The summed E-state index contributed by atoms with van der Waals surface area (Å²) in [6.45, 7) is 1.53. The van der Waals surface area contributed by atoms with Crippen LogP contribution in [0.3, 0.4) is 0 Å². The third kappa shape index (κ3) is 2.59. The molecule has 0 aliphatic heterocycles. The summed E-state index contributed by atoms with van der Waals surface area (Å²) in [6.07, 6.45) is -1.33. The SMILES string of the molecule is COC1(C(=O)c2ccc(C(F)(F)F)cc2C)CCCC1. The first-order valence-electron chi connectivity index (χ1n) is 6.58. The zero-order chi connectivity index (χ0) is 15.0. The highest BCUT2D eigenvalue weighted by atomic mass is 19.4. The molecule has 0 bridgehead atoms. The molecule has 0 N–H and O–H groups in total. The molecule has 0 unspecified atom stereocenters. The molecule has 0 atom stereocenters. The standard InChI is InChI=1S/C15H17F3O2/c1-10-9-11(15(16,17)18)5-6-12(10)13(19)14(20-2)7-3-4-8-14/h5-6,9H,3-4,7-8H2,1-2H3. The first-order chi connectivity index (χ1) is 9.30. The monoisotopic (exact) mass is 286 g/mol. The molecule has 0 amide bonds. The fourth-order valence-corrected chi connectivity index (χ4v) is 2.81. The van der Waals surface area contributed by atoms with Gasteiger partial charge in [0, 0.05) is 12.7 Å². The summed E-state index contributed by atoms with van der Waals surface area (Å²) in [5.41, 5.74) is -0.927. The van der Waals surface area contributed by atoms with E-state index in [1.807, 2.05) is 0 Å². The second-order valence-electron chi connectivity index (χ2n) is 5.26. The van der Waals surface area contributed by atoms with Crippen LogP contribution in [0.15, 0.2) is 18.2 Å². The van der Waals surface area contributed by atoms with Crippen LogP contribution in [0.25, 0.3) is 0 Å². The minimum absolute atomic E-state index is 0.205. The molecule has 1 aliphatic rings. The van der Waals surface area contributed by atoms with Gasteiger partial charge in [0.05, 0.1) is 5.56 Å². The van der Waals surface area contributed by atoms with Crippen molar-refractivity contribution < 1.29 is 22.7 Å². The number of methoxy groups -OCH3 is 1. The molecule has 0 aromatic heterocycles. The number of hydrogen-bond donors (Lipinski definition) is 0. The van der Waals surface area contributed by atoms with Crippen molar-refractivity contribution in [2.75, 3.05) is 7.11 Å². The second kappa shape index (κ2) is 5.20. The molecular formula is C15H17F3O2. The molecule has 110 valence electrons. The smallest absolute Gasteiger partial charge is 0.370 e. The molecule has 20 heavy (non-hydrogen) atoms. The number of aryl methyl sites for hydroxylation is 1. The topological polar surface area (TPSA) is 26.3 Å². The van der Waals surface area contributed by atoms with Crippen molar-refractivity contribution in [2.24, 2.45) is 0 Å². The van der Waals surface area contributed by atoms with E-state index in [4.69, 9.17) is 4.74 Å². The van der Waals surface area contributed by atoms with Crippen molar-refractivity contribution in [3.05, 3.63) is 34.9 Å². The Morgan fingerprint density at radius 3 is 2.30 bits per heavy atom. The molecular weight excluding hydrogens is 269 g/mol. The van der Waals surface area contributed by atoms with Gasteiger partial charge in [-0.2, -0.15) is 13.2 Å². The highest BCUT2D eigenvalue weighted by molar-refractivity contribution is 6.03. The maximum absolute atomic E-state index is 12.6. The average Bonchev–Trinajstić information content (AvgIpc) is 2.86. The number of halogens is 3. The predicted octanol–water partition coefficient (Wildman–Crippen LogP) is 4.16. The first-order valence-corrected chi connectivity index (χ1v) is 6.58. The Hall–Kier alpha value is -1.36. The van der Waals surface area contributed by atoms with Crippen LogP contribution in [0.1, 0.15) is 47.2 Å². The minimum atomic E-state index is -4.39. The highest BCUT2D eigenvalue weighted by Gasteiger charge is 2.42. The van der Waals surface area contributed by atoms with Crippen LogP contribution in [0.4, 0.5) is 13.2 Å². The molecule has 1 aromatic rings. The molecule has 0 radical (unpaired) electrons. The van der Waals surface area contributed by atoms with Crippen LogP contribution >= 0.6 is 0 Å². The van der Waals surface area contributed by atoms with Gasteiger partial charge in [-0.15, -0.1) is 0 Å². The number of ether oxygens (including phenoxy) is 1. The number of hydrogen-bond acceptors (Lipinski definition) is 2. The van der Waals surface area contributed by atoms with Gasteiger partial charge in [-0.05, 0) is 50.3 Å². The number of rotatable bonds is 3. The summed E-state index contributed by atoms with van der Waals surface area (Å²) in [5.74, 6) is -0.205. The van der Waals surface area contributed by atoms with Crippen LogP contribution in [0.5, 0.6) is 0 Å².